The van der Waals surface area contributed by atoms with Crippen LogP contribution in [-0.2, 0) is 71.8 Å². The smallest absolute Gasteiger partial charge is 0.338 e. The number of nitrogens with one attached hydrogen (secondary N) is 4. The van der Waals surface area contributed by atoms with Crippen molar-refractivity contribution >= 4 is 95.1 Å². The SMILES string of the molecule is C.C.CCOC(=O)C(/C=C/c1ccc(NC(=O)CNC(=O)CN2CCN(CC(=O)O)CCN(CC(=O)O)CCN(CC(=O)O)CC2)cc1)=C/C=O.CCOC(=O)C1=CC(c2ccc(NC(=O)CNC(=O)CN3CCN(CC(=O)O)CCN(CC(=O)O)CCN(CC(=O)O)CC3)cc2)N(C)C=C1.[Gd].[Gd]. The first-order valence-corrected chi connectivity index (χ1v) is 31.9. The van der Waals surface area contributed by atoms with E-state index in [1.807, 2.05) is 30.2 Å². The molecule has 0 spiro atoms. The molecular weight excluding hydrogens is 1640 g/mol. The summed E-state index contributed by atoms with van der Waals surface area (Å²) in [5, 5.41) is 66.7. The molecule has 574 valence electrons. The minimum atomic E-state index is -1.05. The van der Waals surface area contributed by atoms with Crippen molar-refractivity contribution in [3.05, 3.63) is 101 Å². The van der Waals surface area contributed by atoms with Crippen LogP contribution in [-0.4, -0.2) is 343 Å². The van der Waals surface area contributed by atoms with Gasteiger partial charge in [0.15, 0.2) is 0 Å². The fourth-order valence-corrected chi connectivity index (χ4v) is 10.3. The second-order valence-corrected chi connectivity index (χ2v) is 23.0. The summed E-state index contributed by atoms with van der Waals surface area (Å²) >= 11 is 0. The number of hydrogen-bond acceptors (Lipinski definition) is 24. The summed E-state index contributed by atoms with van der Waals surface area (Å²) in [6.45, 7) is 5.51. The van der Waals surface area contributed by atoms with E-state index in [1.54, 1.807) is 108 Å². The number of rotatable bonds is 30. The molecule has 3 heterocycles. The third-order valence-electron chi connectivity index (χ3n) is 15.4. The van der Waals surface area contributed by atoms with Gasteiger partial charge in [0.25, 0.3) is 0 Å². The standard InChI is InChI=1S/C33H47N7O10.C32H44N6O11.2CH4.2Gd/c1-3-50-33(49)25-8-9-36(2)27(18-25)24-4-6-26(7-5-24)35-28(41)19-34-29(42)20-37-10-12-38(21-30(43)44)14-16-40(23-32(47)48)17-15-39(13-11-37)22-31(45)46;1-2-49-32(48)25(9-18-39)6-3-24-4-7-26(8-5-24)34-27(40)19-33-28(41)20-35-10-12-36(21-29(42)43)14-16-38(23-31(46)47)17-15-37(13-11-35)22-30(44)45;;;;/h4-9,18,27H,3,10-17,19-23H2,1-2H3,(H,34,42)(H,35,41)(H,43,44)(H,45,46)(H,47,48);3-9,18H,2,10-17,19-23H2,1H3,(H,33,41)(H,34,40)(H,42,43)(H,44,45)(H,46,47);2*1H4;;/b;6-3+,25-9+;;;;. The molecule has 2 fully saturated rings. The van der Waals surface area contributed by atoms with Gasteiger partial charge in [-0.3, -0.25) is 91.9 Å². The Morgan fingerprint density at radius 2 is 0.767 bits per heavy atom. The Morgan fingerprint density at radius 3 is 1.07 bits per heavy atom. The van der Waals surface area contributed by atoms with Crippen molar-refractivity contribution in [2.24, 2.45) is 0 Å². The number of carboxylic acids is 6. The van der Waals surface area contributed by atoms with Crippen LogP contribution < -0.4 is 21.3 Å². The molecule has 0 aromatic heterocycles. The van der Waals surface area contributed by atoms with Crippen LogP contribution >= 0.6 is 0 Å². The maximum Gasteiger partial charge on any atom is 0.338 e. The third-order valence-corrected chi connectivity index (χ3v) is 15.4. The van der Waals surface area contributed by atoms with Gasteiger partial charge < -0.3 is 66.3 Å². The Bertz CT molecular complexity index is 3150. The molecule has 3 aliphatic heterocycles. The first-order chi connectivity index (χ1) is 47.2. The fraction of sp³-hybridized carbons (Fsp3) is 0.507. The Labute approximate surface area is 663 Å². The van der Waals surface area contributed by atoms with E-state index in [-0.39, 0.29) is 290 Å². The largest absolute Gasteiger partial charge is 0.480 e. The summed E-state index contributed by atoms with van der Waals surface area (Å²) in [5.74, 6) is -9.17. The van der Waals surface area contributed by atoms with E-state index in [1.165, 1.54) is 6.08 Å². The van der Waals surface area contributed by atoms with Crippen LogP contribution in [0.5, 0.6) is 0 Å². The number of aliphatic carboxylic acids is 6. The summed E-state index contributed by atoms with van der Waals surface area (Å²) in [6.07, 6.45) is 9.92. The first kappa shape index (κ1) is 95.8. The van der Waals surface area contributed by atoms with E-state index in [9.17, 15) is 93.0 Å². The number of benzene rings is 2. The molecular formula is C67H99Gd2N13O21. The molecule has 10 N–H and O–H groups in total. The third kappa shape index (κ3) is 40.6. The summed E-state index contributed by atoms with van der Waals surface area (Å²) in [7, 11) is 1.88. The summed E-state index contributed by atoms with van der Waals surface area (Å²) in [5.41, 5.74) is 3.07. The van der Waals surface area contributed by atoms with E-state index in [0.717, 1.165) is 11.6 Å². The van der Waals surface area contributed by atoms with Gasteiger partial charge in [-0.05, 0) is 73.5 Å². The monoisotopic (exact) mass is 1740 g/mol. The second kappa shape index (κ2) is 52.7. The number of carbonyl (C=O) groups excluding carboxylic acids is 7. The van der Waals surface area contributed by atoms with Crippen LogP contribution in [0.2, 0.25) is 0 Å². The van der Waals surface area contributed by atoms with E-state index in [0.29, 0.717) is 28.8 Å². The molecule has 0 bridgehead atoms. The van der Waals surface area contributed by atoms with Crippen LogP contribution in [0, 0.1) is 79.9 Å². The van der Waals surface area contributed by atoms with Crippen molar-refractivity contribution in [3.8, 4) is 0 Å². The molecule has 36 heteroatoms. The number of esters is 2. The number of ether oxygens (including phenoxy) is 2. The fourth-order valence-electron chi connectivity index (χ4n) is 10.3. The van der Waals surface area contributed by atoms with Gasteiger partial charge in [-0.1, -0.05) is 45.2 Å². The molecule has 2 aromatic carbocycles. The molecule has 34 nitrogen and oxygen atoms in total. The molecule has 0 radical (unpaired) electrons. The number of carboxylic acid groups (broad SMARTS) is 6. The van der Waals surface area contributed by atoms with Crippen LogP contribution in [0.1, 0.15) is 45.9 Å². The number of nitrogens with zero attached hydrogens (tertiary/aromatic N) is 9. The van der Waals surface area contributed by atoms with Gasteiger partial charge in [-0.25, -0.2) is 9.59 Å². The van der Waals surface area contributed by atoms with Crippen LogP contribution in [0.4, 0.5) is 11.4 Å². The van der Waals surface area contributed by atoms with Crippen molar-refractivity contribution < 1.29 is 182 Å². The second-order valence-electron chi connectivity index (χ2n) is 23.0. The normalized spacial score (nSPS) is 16.8. The maximum absolute atomic E-state index is 12.9. The quantitative estimate of drug-likeness (QED) is 0.0202. The predicted molar refractivity (Wildman–Crippen MR) is 371 cm³/mol. The number of allylic oxidation sites excluding steroid dienone is 1. The average Bonchev–Trinajstić information content (AvgIpc) is 0.822. The number of amides is 4. The number of likely N-dealkylation sites (N-methyl/N-ethyl adjacent to an activating group) is 1. The summed E-state index contributed by atoms with van der Waals surface area (Å²) in [4.78, 5) is 170. The van der Waals surface area contributed by atoms with Crippen molar-refractivity contribution in [1.29, 1.82) is 0 Å². The van der Waals surface area contributed by atoms with E-state index >= 15 is 0 Å². The van der Waals surface area contributed by atoms with E-state index < -0.39 is 71.4 Å². The number of anilines is 2. The molecule has 2 saturated heterocycles. The molecule has 4 amide bonds. The number of carbonyl (C=O) groups is 13. The summed E-state index contributed by atoms with van der Waals surface area (Å²) in [6, 6.07) is 13.5. The molecule has 1 unspecified atom stereocenters. The minimum Gasteiger partial charge on any atom is -0.480 e. The molecule has 0 aliphatic carbocycles. The van der Waals surface area contributed by atoms with Crippen LogP contribution in [0.25, 0.3) is 6.08 Å². The number of hydrogen-bond donors (Lipinski definition) is 10. The van der Waals surface area contributed by atoms with Crippen LogP contribution in [0.3, 0.4) is 0 Å². The zero-order valence-corrected chi connectivity index (χ0v) is 61.1. The minimum absolute atomic E-state index is 0. The van der Waals surface area contributed by atoms with Crippen LogP contribution in [0.15, 0.2) is 90.2 Å². The Morgan fingerprint density at radius 1 is 0.456 bits per heavy atom. The van der Waals surface area contributed by atoms with Crippen molar-refractivity contribution in [2.75, 3.05) is 201 Å². The zero-order chi connectivity index (χ0) is 72.8. The maximum atomic E-state index is 12.9. The van der Waals surface area contributed by atoms with Gasteiger partial charge in [0.05, 0.1) is 95.8 Å². The van der Waals surface area contributed by atoms with Gasteiger partial charge in [0.1, 0.15) is 6.29 Å². The summed E-state index contributed by atoms with van der Waals surface area (Å²) < 4.78 is 10.0. The Balaban J connectivity index is 0.00000195. The van der Waals surface area contributed by atoms with Gasteiger partial charge in [-0.2, -0.15) is 0 Å². The van der Waals surface area contributed by atoms with E-state index in [4.69, 9.17) is 9.47 Å². The van der Waals surface area contributed by atoms with Crippen molar-refractivity contribution in [1.82, 2.24) is 54.7 Å². The molecule has 0 saturated carbocycles. The first-order valence-electron chi connectivity index (χ1n) is 31.9. The Kier molecular flexibility index (Phi) is 49.1. The van der Waals surface area contributed by atoms with Gasteiger partial charge in [0.2, 0.25) is 23.6 Å². The van der Waals surface area contributed by atoms with Crippen molar-refractivity contribution in [3.63, 3.8) is 0 Å². The van der Waals surface area contributed by atoms with Gasteiger partial charge in [0, 0.05) is 209 Å². The zero-order valence-electron chi connectivity index (χ0n) is 56.6. The predicted octanol–water partition coefficient (Wildman–Crippen LogP) is -0.603. The molecule has 5 rings (SSSR count). The Hall–Kier alpha value is -7.16. The molecule has 2 aromatic rings. The number of aldehydes is 1. The average molecular weight is 1740 g/mol. The molecule has 3 aliphatic rings. The van der Waals surface area contributed by atoms with Crippen molar-refractivity contribution in [2.45, 2.75) is 34.7 Å². The van der Waals surface area contributed by atoms with Gasteiger partial charge in [-0.15, -0.1) is 0 Å². The topological polar surface area (TPSA) is 439 Å². The van der Waals surface area contributed by atoms with Gasteiger partial charge >= 0.3 is 47.8 Å². The molecule has 1 atom stereocenters. The van der Waals surface area contributed by atoms with E-state index in [2.05, 4.69) is 21.3 Å². The molecule has 103 heavy (non-hydrogen) atoms.